The second-order valence-corrected chi connectivity index (χ2v) is 5.92. The molecule has 100 valence electrons. The van der Waals surface area contributed by atoms with Crippen LogP contribution in [0.3, 0.4) is 0 Å². The van der Waals surface area contributed by atoms with Gasteiger partial charge in [0.25, 0.3) is 0 Å². The number of hydrogen-bond donors (Lipinski definition) is 2. The molecule has 1 aliphatic carbocycles. The van der Waals surface area contributed by atoms with Crippen LogP contribution in [0.25, 0.3) is 0 Å². The zero-order valence-electron chi connectivity index (χ0n) is 11.1. The molecule has 1 unspecified atom stereocenters. The molecule has 1 aliphatic rings. The predicted octanol–water partition coefficient (Wildman–Crippen LogP) is 2.88. The topological polar surface area (TPSA) is 49.7 Å². The third-order valence-electron chi connectivity index (χ3n) is 3.64. The maximum atomic E-state index is 9.81. The average Bonchev–Trinajstić information content (AvgIpc) is 2.63. The summed E-state index contributed by atoms with van der Waals surface area (Å²) in [5.74, 6) is 0.727. The van der Waals surface area contributed by atoms with E-state index in [9.17, 15) is 5.11 Å². The van der Waals surface area contributed by atoms with E-state index in [1.165, 1.54) is 0 Å². The van der Waals surface area contributed by atoms with Crippen LogP contribution in [-0.2, 0) is 6.42 Å². The highest BCUT2D eigenvalue weighted by Crippen LogP contribution is 2.40. The number of phenolic OH excluding ortho intramolecular Hbond substituents is 1. The Morgan fingerprint density at radius 3 is 2.78 bits per heavy atom. The van der Waals surface area contributed by atoms with Crippen LogP contribution >= 0.6 is 0 Å². The van der Waals surface area contributed by atoms with Crippen LogP contribution < -0.4 is 4.74 Å². The van der Waals surface area contributed by atoms with Gasteiger partial charge in [-0.05, 0) is 48.8 Å². The summed E-state index contributed by atoms with van der Waals surface area (Å²) in [7, 11) is 0. The van der Waals surface area contributed by atoms with Crippen molar-refractivity contribution >= 4 is 0 Å². The quantitative estimate of drug-likeness (QED) is 0.864. The van der Waals surface area contributed by atoms with Crippen LogP contribution in [0.5, 0.6) is 11.5 Å². The predicted molar refractivity (Wildman–Crippen MR) is 70.9 cm³/mol. The van der Waals surface area contributed by atoms with Crippen molar-refractivity contribution in [2.45, 2.75) is 45.6 Å². The Balaban J connectivity index is 2.06. The van der Waals surface area contributed by atoms with Crippen molar-refractivity contribution in [3.05, 3.63) is 23.8 Å². The van der Waals surface area contributed by atoms with Crippen molar-refractivity contribution in [2.75, 3.05) is 6.61 Å². The van der Waals surface area contributed by atoms with E-state index in [0.717, 1.165) is 24.8 Å². The fourth-order valence-corrected chi connectivity index (χ4v) is 2.59. The molecule has 0 aromatic heterocycles. The zero-order valence-corrected chi connectivity index (χ0v) is 11.1. The molecule has 0 radical (unpaired) electrons. The molecule has 1 aromatic carbocycles. The Bertz CT molecular complexity index is 412. The summed E-state index contributed by atoms with van der Waals surface area (Å²) >= 11 is 0. The van der Waals surface area contributed by atoms with E-state index in [2.05, 4.69) is 13.8 Å². The monoisotopic (exact) mass is 250 g/mol. The minimum Gasteiger partial charge on any atom is -0.504 e. The molecular formula is C15H22O3. The largest absolute Gasteiger partial charge is 0.504 e. The van der Waals surface area contributed by atoms with Crippen molar-refractivity contribution in [3.63, 3.8) is 0 Å². The first-order valence-electron chi connectivity index (χ1n) is 6.59. The van der Waals surface area contributed by atoms with Gasteiger partial charge in [0.05, 0.1) is 6.10 Å². The average molecular weight is 250 g/mol. The van der Waals surface area contributed by atoms with E-state index >= 15 is 0 Å². The first-order chi connectivity index (χ1) is 8.50. The Morgan fingerprint density at radius 2 is 2.17 bits per heavy atom. The molecule has 2 N–H and O–H groups in total. The summed E-state index contributed by atoms with van der Waals surface area (Å²) in [5.41, 5.74) is 1.32. The van der Waals surface area contributed by atoms with Crippen LogP contribution in [0.15, 0.2) is 18.2 Å². The minimum atomic E-state index is 0.112. The zero-order chi connectivity index (χ0) is 13.2. The Kier molecular flexibility index (Phi) is 3.81. The van der Waals surface area contributed by atoms with E-state index < -0.39 is 0 Å². The Morgan fingerprint density at radius 1 is 1.39 bits per heavy atom. The summed E-state index contributed by atoms with van der Waals surface area (Å²) in [6.45, 7) is 4.61. The number of hydrogen-bond acceptors (Lipinski definition) is 3. The number of aromatic hydroxyl groups is 1. The van der Waals surface area contributed by atoms with Gasteiger partial charge in [0.2, 0.25) is 0 Å². The molecule has 0 amide bonds. The first kappa shape index (κ1) is 13.2. The standard InChI is InChI=1S/C15H22O3/c1-15(2)7-5-12(10-15)18-14-9-11(6-8-16)3-4-13(14)17/h3-4,9,12,16-17H,5-8,10H2,1-2H3. The maximum Gasteiger partial charge on any atom is 0.161 e. The normalized spacial score (nSPS) is 22.1. The van der Waals surface area contributed by atoms with Crippen LogP contribution in [0.1, 0.15) is 38.7 Å². The van der Waals surface area contributed by atoms with Gasteiger partial charge >= 0.3 is 0 Å². The molecule has 0 saturated heterocycles. The number of benzene rings is 1. The molecule has 1 fully saturated rings. The fraction of sp³-hybridized carbons (Fsp3) is 0.600. The Labute approximate surface area is 108 Å². The molecule has 1 atom stereocenters. The van der Waals surface area contributed by atoms with Gasteiger partial charge in [-0.3, -0.25) is 0 Å². The summed E-state index contributed by atoms with van der Waals surface area (Å²) in [6.07, 6.45) is 4.00. The molecule has 0 heterocycles. The Hall–Kier alpha value is -1.22. The van der Waals surface area contributed by atoms with Crippen LogP contribution in [0, 0.1) is 5.41 Å². The molecule has 1 aromatic rings. The lowest BCUT2D eigenvalue weighted by Crippen LogP contribution is -2.15. The molecule has 3 heteroatoms. The van der Waals surface area contributed by atoms with E-state index in [1.807, 2.05) is 12.1 Å². The number of phenols is 1. The van der Waals surface area contributed by atoms with Crippen LogP contribution in [0.4, 0.5) is 0 Å². The number of rotatable bonds is 4. The van der Waals surface area contributed by atoms with E-state index in [0.29, 0.717) is 17.6 Å². The smallest absolute Gasteiger partial charge is 0.161 e. The highest BCUT2D eigenvalue weighted by atomic mass is 16.5. The second kappa shape index (κ2) is 5.19. The molecule has 18 heavy (non-hydrogen) atoms. The van der Waals surface area contributed by atoms with Crippen molar-refractivity contribution in [1.82, 2.24) is 0 Å². The number of aliphatic hydroxyl groups is 1. The summed E-state index contributed by atoms with van der Waals surface area (Å²) in [6, 6.07) is 5.29. The molecule has 2 rings (SSSR count). The third kappa shape index (κ3) is 3.16. The lowest BCUT2D eigenvalue weighted by Gasteiger charge is -2.19. The highest BCUT2D eigenvalue weighted by Gasteiger charge is 2.32. The van der Waals surface area contributed by atoms with Crippen LogP contribution in [0.2, 0.25) is 0 Å². The molecule has 1 saturated carbocycles. The van der Waals surface area contributed by atoms with Gasteiger partial charge in [-0.2, -0.15) is 0 Å². The lowest BCUT2D eigenvalue weighted by atomic mass is 9.92. The summed E-state index contributed by atoms with van der Waals surface area (Å²) in [4.78, 5) is 0. The SMILES string of the molecule is CC1(C)CCC(Oc2cc(CCO)ccc2O)C1. The van der Waals surface area contributed by atoms with Gasteiger partial charge in [-0.15, -0.1) is 0 Å². The van der Waals surface area contributed by atoms with Gasteiger partial charge < -0.3 is 14.9 Å². The molecule has 0 spiro atoms. The van der Waals surface area contributed by atoms with Crippen molar-refractivity contribution in [3.8, 4) is 11.5 Å². The van der Waals surface area contributed by atoms with Gasteiger partial charge in [0, 0.05) is 6.61 Å². The maximum absolute atomic E-state index is 9.81. The molecule has 0 bridgehead atoms. The lowest BCUT2D eigenvalue weighted by molar-refractivity contribution is 0.186. The number of ether oxygens (including phenoxy) is 1. The van der Waals surface area contributed by atoms with E-state index in [1.54, 1.807) is 6.07 Å². The van der Waals surface area contributed by atoms with Crippen molar-refractivity contribution in [1.29, 1.82) is 0 Å². The summed E-state index contributed by atoms with van der Waals surface area (Å²) in [5, 5.41) is 18.7. The highest BCUT2D eigenvalue weighted by molar-refractivity contribution is 5.42. The molecule has 3 nitrogen and oxygen atoms in total. The van der Waals surface area contributed by atoms with Crippen LogP contribution in [-0.4, -0.2) is 22.9 Å². The van der Waals surface area contributed by atoms with Crippen molar-refractivity contribution < 1.29 is 14.9 Å². The van der Waals surface area contributed by atoms with E-state index in [4.69, 9.17) is 9.84 Å². The molecule has 0 aliphatic heterocycles. The van der Waals surface area contributed by atoms with E-state index in [-0.39, 0.29) is 18.5 Å². The number of aliphatic hydroxyl groups excluding tert-OH is 1. The van der Waals surface area contributed by atoms with Gasteiger partial charge in [0.1, 0.15) is 0 Å². The van der Waals surface area contributed by atoms with Gasteiger partial charge in [0.15, 0.2) is 11.5 Å². The van der Waals surface area contributed by atoms with Crippen molar-refractivity contribution in [2.24, 2.45) is 5.41 Å². The fourth-order valence-electron chi connectivity index (χ4n) is 2.59. The van der Waals surface area contributed by atoms with Gasteiger partial charge in [-0.25, -0.2) is 0 Å². The summed E-state index contributed by atoms with van der Waals surface area (Å²) < 4.78 is 5.90. The first-order valence-corrected chi connectivity index (χ1v) is 6.59. The second-order valence-electron chi connectivity index (χ2n) is 5.92. The third-order valence-corrected chi connectivity index (χ3v) is 3.64. The van der Waals surface area contributed by atoms with Gasteiger partial charge in [-0.1, -0.05) is 19.9 Å². The minimum absolute atomic E-state index is 0.112. The molecular weight excluding hydrogens is 228 g/mol.